The standard InChI is InChI=1S/C19H30O2/c1-4-21-19(16-11-6-5-7-12-16)18(20)13-17-14(2)9-8-10-15(17)3/h8-10,16,18-20H,4-7,11-13H2,1-3H3. The van der Waals surface area contributed by atoms with Gasteiger partial charge in [0.2, 0.25) is 0 Å². The molecule has 1 saturated carbocycles. The normalized spacial score (nSPS) is 19.4. The van der Waals surface area contributed by atoms with E-state index in [1.165, 1.54) is 48.8 Å². The average Bonchev–Trinajstić information content (AvgIpc) is 2.49. The minimum Gasteiger partial charge on any atom is -0.390 e. The van der Waals surface area contributed by atoms with E-state index in [0.29, 0.717) is 18.9 Å². The van der Waals surface area contributed by atoms with Crippen LogP contribution in [-0.4, -0.2) is 23.9 Å². The van der Waals surface area contributed by atoms with Crippen LogP contribution in [0.1, 0.15) is 55.7 Å². The van der Waals surface area contributed by atoms with Gasteiger partial charge in [-0.3, -0.25) is 0 Å². The maximum atomic E-state index is 10.8. The van der Waals surface area contributed by atoms with Crippen molar-refractivity contribution in [3.05, 3.63) is 34.9 Å². The average molecular weight is 290 g/mol. The summed E-state index contributed by atoms with van der Waals surface area (Å²) in [5.74, 6) is 0.526. The Kier molecular flexibility index (Phi) is 6.25. The van der Waals surface area contributed by atoms with Crippen molar-refractivity contribution >= 4 is 0 Å². The number of benzene rings is 1. The van der Waals surface area contributed by atoms with Crippen molar-refractivity contribution in [2.24, 2.45) is 5.92 Å². The second-order valence-corrected chi connectivity index (χ2v) is 6.46. The summed E-state index contributed by atoms with van der Waals surface area (Å²) in [5, 5.41) is 10.8. The van der Waals surface area contributed by atoms with Crippen molar-refractivity contribution in [1.82, 2.24) is 0 Å². The van der Waals surface area contributed by atoms with Crippen LogP contribution in [0.15, 0.2) is 18.2 Å². The van der Waals surface area contributed by atoms with Gasteiger partial charge in [-0.2, -0.15) is 0 Å². The predicted octanol–water partition coefficient (Wildman–Crippen LogP) is 4.19. The lowest BCUT2D eigenvalue weighted by Gasteiger charge is -2.33. The van der Waals surface area contributed by atoms with Gasteiger partial charge in [0.15, 0.2) is 0 Å². The van der Waals surface area contributed by atoms with Gasteiger partial charge in [0.1, 0.15) is 0 Å². The number of rotatable bonds is 6. The molecule has 0 amide bonds. The Hall–Kier alpha value is -0.860. The van der Waals surface area contributed by atoms with E-state index in [9.17, 15) is 5.11 Å². The molecule has 1 aromatic carbocycles. The van der Waals surface area contributed by atoms with Crippen molar-refractivity contribution in [3.8, 4) is 0 Å². The second kappa shape index (κ2) is 7.95. The molecule has 2 heteroatoms. The largest absolute Gasteiger partial charge is 0.390 e. The number of aliphatic hydroxyl groups excluding tert-OH is 1. The molecule has 0 aliphatic heterocycles. The highest BCUT2D eigenvalue weighted by atomic mass is 16.5. The lowest BCUT2D eigenvalue weighted by atomic mass is 9.81. The summed E-state index contributed by atoms with van der Waals surface area (Å²) >= 11 is 0. The summed E-state index contributed by atoms with van der Waals surface area (Å²) in [6, 6.07) is 6.35. The van der Waals surface area contributed by atoms with Gasteiger partial charge in [-0.15, -0.1) is 0 Å². The molecule has 0 radical (unpaired) electrons. The molecule has 2 rings (SSSR count). The Balaban J connectivity index is 2.09. The Bertz CT molecular complexity index is 415. The molecule has 1 aromatic rings. The number of ether oxygens (including phenoxy) is 1. The Labute approximate surface area is 129 Å². The first-order valence-electron chi connectivity index (χ1n) is 8.48. The van der Waals surface area contributed by atoms with Gasteiger partial charge in [-0.1, -0.05) is 37.5 Å². The van der Waals surface area contributed by atoms with Gasteiger partial charge in [0.05, 0.1) is 12.2 Å². The third-order valence-electron chi connectivity index (χ3n) is 4.91. The van der Waals surface area contributed by atoms with Crippen LogP contribution in [0.25, 0.3) is 0 Å². The van der Waals surface area contributed by atoms with E-state index in [-0.39, 0.29) is 6.10 Å². The molecule has 21 heavy (non-hydrogen) atoms. The minimum absolute atomic E-state index is 0.00527. The lowest BCUT2D eigenvalue weighted by Crippen LogP contribution is -2.38. The Morgan fingerprint density at radius 3 is 2.33 bits per heavy atom. The highest BCUT2D eigenvalue weighted by Crippen LogP contribution is 2.31. The molecule has 118 valence electrons. The topological polar surface area (TPSA) is 29.5 Å². The molecule has 0 aromatic heterocycles. The molecule has 2 nitrogen and oxygen atoms in total. The first-order valence-corrected chi connectivity index (χ1v) is 8.48. The molecule has 0 heterocycles. The van der Waals surface area contributed by atoms with E-state index in [1.54, 1.807) is 0 Å². The van der Waals surface area contributed by atoms with Gasteiger partial charge < -0.3 is 9.84 Å². The molecule has 1 fully saturated rings. The Morgan fingerprint density at radius 2 is 1.76 bits per heavy atom. The maximum Gasteiger partial charge on any atom is 0.0865 e. The Morgan fingerprint density at radius 1 is 1.14 bits per heavy atom. The summed E-state index contributed by atoms with van der Waals surface area (Å²) in [6.45, 7) is 6.98. The molecule has 0 spiro atoms. The number of hydrogen-bond donors (Lipinski definition) is 1. The van der Waals surface area contributed by atoms with Crippen LogP contribution in [0.3, 0.4) is 0 Å². The van der Waals surface area contributed by atoms with Gasteiger partial charge in [-0.25, -0.2) is 0 Å². The van der Waals surface area contributed by atoms with Crippen molar-refractivity contribution in [2.45, 2.75) is 71.5 Å². The zero-order valence-electron chi connectivity index (χ0n) is 13.8. The fourth-order valence-corrected chi connectivity index (χ4v) is 3.71. The number of aliphatic hydroxyl groups is 1. The summed E-state index contributed by atoms with van der Waals surface area (Å²) in [6.07, 6.45) is 6.61. The summed E-state index contributed by atoms with van der Waals surface area (Å²) in [5.41, 5.74) is 3.83. The van der Waals surface area contributed by atoms with E-state index in [0.717, 1.165) is 0 Å². The molecule has 1 N–H and O–H groups in total. The third-order valence-corrected chi connectivity index (χ3v) is 4.91. The van der Waals surface area contributed by atoms with Gasteiger partial charge in [0.25, 0.3) is 0 Å². The van der Waals surface area contributed by atoms with E-state index < -0.39 is 6.10 Å². The fourth-order valence-electron chi connectivity index (χ4n) is 3.71. The molecule has 2 atom stereocenters. The van der Waals surface area contributed by atoms with Crippen molar-refractivity contribution in [2.75, 3.05) is 6.61 Å². The smallest absolute Gasteiger partial charge is 0.0865 e. The van der Waals surface area contributed by atoms with Crippen LogP contribution < -0.4 is 0 Å². The maximum absolute atomic E-state index is 10.8. The van der Waals surface area contributed by atoms with Crippen molar-refractivity contribution < 1.29 is 9.84 Å². The van der Waals surface area contributed by atoms with Crippen LogP contribution in [0.5, 0.6) is 0 Å². The van der Waals surface area contributed by atoms with Gasteiger partial charge in [-0.05, 0) is 56.2 Å². The molecule has 1 aliphatic carbocycles. The predicted molar refractivity (Wildman–Crippen MR) is 87.6 cm³/mol. The molecule has 0 bridgehead atoms. The fraction of sp³-hybridized carbons (Fsp3) is 0.684. The number of aryl methyl sites for hydroxylation is 2. The zero-order chi connectivity index (χ0) is 15.2. The summed E-state index contributed by atoms with van der Waals surface area (Å²) in [4.78, 5) is 0. The molecular weight excluding hydrogens is 260 g/mol. The number of hydrogen-bond acceptors (Lipinski definition) is 2. The van der Waals surface area contributed by atoms with E-state index in [2.05, 4.69) is 32.0 Å². The van der Waals surface area contributed by atoms with Crippen LogP contribution >= 0.6 is 0 Å². The summed E-state index contributed by atoms with van der Waals surface area (Å²) in [7, 11) is 0. The molecule has 1 aliphatic rings. The van der Waals surface area contributed by atoms with Gasteiger partial charge >= 0.3 is 0 Å². The quantitative estimate of drug-likeness (QED) is 0.851. The van der Waals surface area contributed by atoms with E-state index >= 15 is 0 Å². The lowest BCUT2D eigenvalue weighted by molar-refractivity contribution is -0.0716. The van der Waals surface area contributed by atoms with Gasteiger partial charge in [0, 0.05) is 13.0 Å². The van der Waals surface area contributed by atoms with Crippen LogP contribution in [0.2, 0.25) is 0 Å². The first kappa shape index (κ1) is 16.5. The van der Waals surface area contributed by atoms with Crippen molar-refractivity contribution in [1.29, 1.82) is 0 Å². The first-order chi connectivity index (χ1) is 10.1. The highest BCUT2D eigenvalue weighted by Gasteiger charge is 2.30. The monoisotopic (exact) mass is 290 g/mol. The highest BCUT2D eigenvalue weighted by molar-refractivity contribution is 5.34. The minimum atomic E-state index is -0.396. The van der Waals surface area contributed by atoms with E-state index in [4.69, 9.17) is 4.74 Å². The summed E-state index contributed by atoms with van der Waals surface area (Å²) < 4.78 is 5.95. The molecular formula is C19H30O2. The molecule has 0 saturated heterocycles. The van der Waals surface area contributed by atoms with Crippen molar-refractivity contribution in [3.63, 3.8) is 0 Å². The van der Waals surface area contributed by atoms with Crippen LogP contribution in [-0.2, 0) is 11.2 Å². The van der Waals surface area contributed by atoms with E-state index in [1.807, 2.05) is 6.92 Å². The zero-order valence-corrected chi connectivity index (χ0v) is 13.8. The van der Waals surface area contributed by atoms with Crippen LogP contribution in [0, 0.1) is 19.8 Å². The molecule has 2 unspecified atom stereocenters. The van der Waals surface area contributed by atoms with Crippen LogP contribution in [0.4, 0.5) is 0 Å². The SMILES string of the molecule is CCOC(C(O)Cc1c(C)cccc1C)C1CCCCC1. The second-order valence-electron chi connectivity index (χ2n) is 6.46. The third kappa shape index (κ3) is 4.31.